The minimum atomic E-state index is -0.738. The van der Waals surface area contributed by atoms with E-state index in [1.165, 1.54) is 17.8 Å². The topological polar surface area (TPSA) is 119 Å². The van der Waals surface area contributed by atoms with Crippen molar-refractivity contribution in [2.75, 3.05) is 17.7 Å². The maximum atomic E-state index is 13.0. The van der Waals surface area contributed by atoms with E-state index in [-0.39, 0.29) is 23.6 Å². The number of rotatable bonds is 5. The fraction of sp³-hybridized carbons (Fsp3) is 0.0909. The summed E-state index contributed by atoms with van der Waals surface area (Å²) in [5.74, 6) is -0.576. The maximum absolute atomic E-state index is 13.0. The molecule has 2 aromatic carbocycles. The van der Waals surface area contributed by atoms with Crippen LogP contribution in [0, 0.1) is 0 Å². The van der Waals surface area contributed by atoms with E-state index in [0.29, 0.717) is 0 Å². The highest BCUT2D eigenvalue weighted by atomic mass is 16.2. The summed E-state index contributed by atoms with van der Waals surface area (Å²) >= 11 is 0. The minimum Gasteiger partial charge on any atom is -0.383 e. The van der Waals surface area contributed by atoms with Crippen LogP contribution in [0.4, 0.5) is 11.5 Å². The summed E-state index contributed by atoms with van der Waals surface area (Å²) in [6.07, 6.45) is 2.98. The van der Waals surface area contributed by atoms with Gasteiger partial charge in [0.15, 0.2) is 5.69 Å². The Balaban J connectivity index is 1.68. The predicted octanol–water partition coefficient (Wildman–Crippen LogP) is 1.63. The molecule has 156 valence electrons. The van der Waals surface area contributed by atoms with Crippen molar-refractivity contribution in [2.24, 2.45) is 0 Å². The second-order valence-electron chi connectivity index (χ2n) is 6.94. The lowest BCUT2D eigenvalue weighted by molar-refractivity contribution is 0.0992. The van der Waals surface area contributed by atoms with Gasteiger partial charge < -0.3 is 10.6 Å². The highest BCUT2D eigenvalue weighted by molar-refractivity contribution is 6.06. The number of benzene rings is 2. The second kappa shape index (κ2) is 8.15. The lowest BCUT2D eigenvalue weighted by Gasteiger charge is -2.20. The van der Waals surface area contributed by atoms with Crippen LogP contribution in [-0.2, 0) is 6.54 Å². The molecule has 0 aliphatic heterocycles. The number of nitrogens with one attached hydrogen (secondary N) is 1. The number of nitrogens with zero attached hydrogens (tertiary/aromatic N) is 4. The van der Waals surface area contributed by atoms with E-state index in [0.717, 1.165) is 16.2 Å². The van der Waals surface area contributed by atoms with Crippen molar-refractivity contribution < 1.29 is 4.79 Å². The standard InChI is InChI=1S/C22H20N6O3/c1-26(21(30)16-12-24-28(14-16)17-10-6-3-7-11-17)18-19(23)27(22(31)25-20(18)29)13-15-8-4-2-5-9-15/h2-12,14H,13,23H2,1H3,(H,25,29,31). The molecule has 0 bridgehead atoms. The molecule has 0 saturated heterocycles. The highest BCUT2D eigenvalue weighted by Crippen LogP contribution is 2.19. The summed E-state index contributed by atoms with van der Waals surface area (Å²) in [7, 11) is 1.43. The van der Waals surface area contributed by atoms with Crippen LogP contribution in [0.2, 0.25) is 0 Å². The minimum absolute atomic E-state index is 0.0936. The zero-order valence-electron chi connectivity index (χ0n) is 16.7. The summed E-state index contributed by atoms with van der Waals surface area (Å²) < 4.78 is 2.79. The van der Waals surface area contributed by atoms with Crippen molar-refractivity contribution >= 4 is 17.4 Å². The van der Waals surface area contributed by atoms with Crippen LogP contribution in [0.5, 0.6) is 0 Å². The van der Waals surface area contributed by atoms with E-state index in [2.05, 4.69) is 10.1 Å². The van der Waals surface area contributed by atoms with E-state index in [9.17, 15) is 14.4 Å². The smallest absolute Gasteiger partial charge is 0.330 e. The van der Waals surface area contributed by atoms with E-state index in [1.54, 1.807) is 10.9 Å². The number of amides is 1. The van der Waals surface area contributed by atoms with Crippen molar-refractivity contribution in [1.82, 2.24) is 19.3 Å². The zero-order chi connectivity index (χ0) is 22.0. The van der Waals surface area contributed by atoms with Gasteiger partial charge in [-0.15, -0.1) is 0 Å². The van der Waals surface area contributed by atoms with Crippen LogP contribution in [0.25, 0.3) is 5.69 Å². The number of hydrogen-bond donors (Lipinski definition) is 2. The van der Waals surface area contributed by atoms with Gasteiger partial charge in [0.2, 0.25) is 0 Å². The molecule has 0 aliphatic rings. The van der Waals surface area contributed by atoms with Crippen LogP contribution in [0.15, 0.2) is 82.6 Å². The van der Waals surface area contributed by atoms with Crippen molar-refractivity contribution in [2.45, 2.75) is 6.54 Å². The predicted molar refractivity (Wildman–Crippen MR) is 118 cm³/mol. The number of H-pyrrole nitrogens is 1. The normalized spacial score (nSPS) is 10.7. The van der Waals surface area contributed by atoms with E-state index < -0.39 is 17.2 Å². The van der Waals surface area contributed by atoms with E-state index in [4.69, 9.17) is 5.73 Å². The highest BCUT2D eigenvalue weighted by Gasteiger charge is 2.23. The van der Waals surface area contributed by atoms with Gasteiger partial charge in [-0.25, -0.2) is 9.48 Å². The van der Waals surface area contributed by atoms with Gasteiger partial charge in [0.1, 0.15) is 5.82 Å². The van der Waals surface area contributed by atoms with E-state index in [1.807, 2.05) is 60.7 Å². The molecule has 0 spiro atoms. The molecule has 0 atom stereocenters. The Bertz CT molecular complexity index is 1340. The first-order valence-corrected chi connectivity index (χ1v) is 9.50. The second-order valence-corrected chi connectivity index (χ2v) is 6.94. The number of anilines is 2. The third-order valence-electron chi connectivity index (χ3n) is 4.89. The first kappa shape index (κ1) is 19.9. The Hall–Kier alpha value is -4.40. The third-order valence-corrected chi connectivity index (χ3v) is 4.89. The molecule has 0 fully saturated rings. The molecule has 4 rings (SSSR count). The van der Waals surface area contributed by atoms with Crippen molar-refractivity contribution in [3.05, 3.63) is 105 Å². The number of nitrogens with two attached hydrogens (primary N) is 1. The maximum Gasteiger partial charge on any atom is 0.330 e. The number of nitrogen functional groups attached to an aromatic ring is 1. The Kier molecular flexibility index (Phi) is 5.23. The monoisotopic (exact) mass is 416 g/mol. The summed E-state index contributed by atoms with van der Waals surface area (Å²) in [6, 6.07) is 18.5. The third kappa shape index (κ3) is 3.88. The molecule has 9 heteroatoms. The Morgan fingerprint density at radius 1 is 1.06 bits per heavy atom. The van der Waals surface area contributed by atoms with Crippen molar-refractivity contribution in [1.29, 1.82) is 0 Å². The molecule has 0 saturated carbocycles. The Morgan fingerprint density at radius 2 is 1.71 bits per heavy atom. The van der Waals surface area contributed by atoms with E-state index >= 15 is 0 Å². The first-order chi connectivity index (χ1) is 15.0. The van der Waals surface area contributed by atoms with Gasteiger partial charge in [0, 0.05) is 13.2 Å². The quantitative estimate of drug-likeness (QED) is 0.513. The number of aromatic amines is 1. The summed E-state index contributed by atoms with van der Waals surface area (Å²) in [5.41, 5.74) is 6.57. The average Bonchev–Trinajstić information content (AvgIpc) is 3.27. The number of carbonyl (C=O) groups is 1. The number of aromatic nitrogens is 4. The zero-order valence-corrected chi connectivity index (χ0v) is 16.7. The summed E-state index contributed by atoms with van der Waals surface area (Å²) in [6.45, 7) is 0.156. The molecule has 0 unspecified atom stereocenters. The first-order valence-electron chi connectivity index (χ1n) is 9.50. The van der Waals surface area contributed by atoms with Crippen LogP contribution >= 0.6 is 0 Å². The average molecular weight is 416 g/mol. The van der Waals surface area contributed by atoms with Crippen LogP contribution in [-0.4, -0.2) is 32.3 Å². The van der Waals surface area contributed by atoms with Gasteiger partial charge in [-0.05, 0) is 17.7 Å². The van der Waals surface area contributed by atoms with Crippen LogP contribution in [0.1, 0.15) is 15.9 Å². The molecule has 0 aliphatic carbocycles. The Labute approximate surface area is 177 Å². The van der Waals surface area contributed by atoms with Gasteiger partial charge in [-0.3, -0.25) is 19.1 Å². The lowest BCUT2D eigenvalue weighted by Crippen LogP contribution is -2.39. The molecule has 31 heavy (non-hydrogen) atoms. The van der Waals surface area contributed by atoms with Crippen molar-refractivity contribution in [3.8, 4) is 5.69 Å². The number of carbonyl (C=O) groups excluding carboxylic acids is 1. The summed E-state index contributed by atoms with van der Waals surface area (Å²) in [4.78, 5) is 41.3. The summed E-state index contributed by atoms with van der Waals surface area (Å²) in [5, 5.41) is 4.21. The Morgan fingerprint density at radius 3 is 2.39 bits per heavy atom. The molecule has 3 N–H and O–H groups in total. The fourth-order valence-corrected chi connectivity index (χ4v) is 3.27. The van der Waals surface area contributed by atoms with Crippen LogP contribution in [0.3, 0.4) is 0 Å². The molecule has 1 amide bonds. The van der Waals surface area contributed by atoms with Gasteiger partial charge in [-0.2, -0.15) is 5.10 Å². The molecule has 4 aromatic rings. The van der Waals surface area contributed by atoms with Gasteiger partial charge in [-0.1, -0.05) is 48.5 Å². The molecular weight excluding hydrogens is 396 g/mol. The SMILES string of the molecule is CN(C(=O)c1cnn(-c2ccccc2)c1)c1c(N)n(Cc2ccccc2)c(=O)[nH]c1=O. The van der Waals surface area contributed by atoms with Crippen molar-refractivity contribution in [3.63, 3.8) is 0 Å². The van der Waals surface area contributed by atoms with Gasteiger partial charge >= 0.3 is 5.69 Å². The number of para-hydroxylation sites is 1. The molecule has 2 heterocycles. The molecule has 9 nitrogen and oxygen atoms in total. The van der Waals surface area contributed by atoms with Gasteiger partial charge in [0.05, 0.1) is 24.0 Å². The lowest BCUT2D eigenvalue weighted by atomic mass is 10.2. The van der Waals surface area contributed by atoms with Gasteiger partial charge in [0.25, 0.3) is 11.5 Å². The number of hydrogen-bond acceptors (Lipinski definition) is 5. The largest absolute Gasteiger partial charge is 0.383 e. The van der Waals surface area contributed by atoms with Crippen LogP contribution < -0.4 is 21.9 Å². The fourth-order valence-electron chi connectivity index (χ4n) is 3.27. The molecule has 2 aromatic heterocycles. The molecule has 0 radical (unpaired) electrons. The molecular formula is C22H20N6O3.